The summed E-state index contributed by atoms with van der Waals surface area (Å²) in [4.78, 5) is 9.16. The Morgan fingerprint density at radius 2 is 1.48 bits per heavy atom. The van der Waals surface area contributed by atoms with E-state index in [0.717, 1.165) is 22.4 Å². The number of nitrogens with zero attached hydrogens (tertiary/aromatic N) is 2. The Bertz CT molecular complexity index is 731. The topological polar surface area (TPSA) is 44.2 Å². The van der Waals surface area contributed by atoms with Crippen LogP contribution in [0.25, 0.3) is 11.3 Å². The standard InChI is InChI=1S/C20H27BN2O2/c1-18(2,3)17-11-8-14(12-23-17)16-10-9-15(13-22-16)21-24-19(4,5)20(6,7)25-21/h8-13H,1-7H3. The molecule has 3 rings (SSSR count). The first-order valence-corrected chi connectivity index (χ1v) is 8.78. The van der Waals surface area contributed by atoms with Crippen molar-refractivity contribution < 1.29 is 9.31 Å². The molecule has 1 aliphatic rings. The van der Waals surface area contributed by atoms with Crippen molar-refractivity contribution >= 4 is 12.6 Å². The summed E-state index contributed by atoms with van der Waals surface area (Å²) >= 11 is 0. The fourth-order valence-corrected chi connectivity index (χ4v) is 2.68. The summed E-state index contributed by atoms with van der Waals surface area (Å²) in [5.41, 5.74) is 3.27. The number of hydrogen-bond acceptors (Lipinski definition) is 4. The average molecular weight is 338 g/mol. The molecule has 0 aliphatic carbocycles. The molecule has 5 heteroatoms. The van der Waals surface area contributed by atoms with Crippen LogP contribution in [0.5, 0.6) is 0 Å². The molecule has 1 saturated heterocycles. The van der Waals surface area contributed by atoms with E-state index in [0.29, 0.717) is 0 Å². The molecule has 0 N–H and O–H groups in total. The summed E-state index contributed by atoms with van der Waals surface area (Å²) in [7, 11) is -0.382. The van der Waals surface area contributed by atoms with Crippen LogP contribution in [0.2, 0.25) is 0 Å². The SMILES string of the molecule is CC(C)(C)c1ccc(-c2ccc(B3OC(C)(C)C(C)(C)O3)cn2)cn1. The summed E-state index contributed by atoms with van der Waals surface area (Å²) in [5, 5.41) is 0. The minimum Gasteiger partial charge on any atom is -0.399 e. The average Bonchev–Trinajstić information content (AvgIpc) is 2.75. The second kappa shape index (κ2) is 5.92. The highest BCUT2D eigenvalue weighted by Gasteiger charge is 2.51. The van der Waals surface area contributed by atoms with Crippen molar-refractivity contribution in [2.75, 3.05) is 0 Å². The molecule has 2 aromatic rings. The van der Waals surface area contributed by atoms with E-state index in [9.17, 15) is 0 Å². The summed E-state index contributed by atoms with van der Waals surface area (Å²) in [6, 6.07) is 8.15. The number of rotatable bonds is 2. The van der Waals surface area contributed by atoms with Crippen molar-refractivity contribution in [1.29, 1.82) is 0 Å². The van der Waals surface area contributed by atoms with Gasteiger partial charge >= 0.3 is 7.12 Å². The lowest BCUT2D eigenvalue weighted by Gasteiger charge is -2.32. The van der Waals surface area contributed by atoms with Gasteiger partial charge in [0.2, 0.25) is 0 Å². The molecule has 0 saturated carbocycles. The van der Waals surface area contributed by atoms with E-state index in [4.69, 9.17) is 9.31 Å². The molecule has 0 aromatic carbocycles. The van der Waals surface area contributed by atoms with Gasteiger partial charge in [0.1, 0.15) is 0 Å². The lowest BCUT2D eigenvalue weighted by molar-refractivity contribution is 0.00578. The van der Waals surface area contributed by atoms with Crippen LogP contribution in [0.4, 0.5) is 0 Å². The van der Waals surface area contributed by atoms with Crippen molar-refractivity contribution in [2.24, 2.45) is 0 Å². The first-order chi connectivity index (χ1) is 11.5. The fourth-order valence-electron chi connectivity index (χ4n) is 2.68. The van der Waals surface area contributed by atoms with E-state index in [2.05, 4.69) is 70.6 Å². The second-order valence-electron chi connectivity index (χ2n) is 8.75. The molecule has 3 heterocycles. The molecule has 0 radical (unpaired) electrons. The van der Waals surface area contributed by atoms with Crippen molar-refractivity contribution in [3.05, 3.63) is 42.4 Å². The molecule has 0 atom stereocenters. The number of pyridine rings is 2. The van der Waals surface area contributed by atoms with Gasteiger partial charge in [-0.05, 0) is 45.9 Å². The Labute approximate surface area is 151 Å². The Balaban J connectivity index is 1.79. The maximum absolute atomic E-state index is 6.07. The van der Waals surface area contributed by atoms with E-state index in [-0.39, 0.29) is 23.7 Å². The zero-order valence-electron chi connectivity index (χ0n) is 16.3. The maximum atomic E-state index is 6.07. The summed E-state index contributed by atoms with van der Waals surface area (Å²) < 4.78 is 12.1. The highest BCUT2D eigenvalue weighted by molar-refractivity contribution is 6.62. The van der Waals surface area contributed by atoms with Gasteiger partial charge in [0.15, 0.2) is 0 Å². The third-order valence-electron chi connectivity index (χ3n) is 5.14. The van der Waals surface area contributed by atoms with Crippen LogP contribution in [-0.4, -0.2) is 28.3 Å². The van der Waals surface area contributed by atoms with Gasteiger partial charge in [-0.1, -0.05) is 26.8 Å². The van der Waals surface area contributed by atoms with Gasteiger partial charge in [-0.3, -0.25) is 9.97 Å². The Kier molecular flexibility index (Phi) is 4.29. The molecule has 132 valence electrons. The molecule has 0 bridgehead atoms. The lowest BCUT2D eigenvalue weighted by atomic mass is 9.80. The van der Waals surface area contributed by atoms with Crippen LogP contribution >= 0.6 is 0 Å². The summed E-state index contributed by atoms with van der Waals surface area (Å²) in [5.74, 6) is 0. The molecule has 1 aliphatic heterocycles. The van der Waals surface area contributed by atoms with Gasteiger partial charge in [0.05, 0.1) is 16.9 Å². The summed E-state index contributed by atoms with van der Waals surface area (Å²) in [6.45, 7) is 14.7. The van der Waals surface area contributed by atoms with E-state index < -0.39 is 0 Å². The molecule has 2 aromatic heterocycles. The van der Waals surface area contributed by atoms with Gasteiger partial charge in [-0.25, -0.2) is 0 Å². The highest BCUT2D eigenvalue weighted by atomic mass is 16.7. The molecule has 4 nitrogen and oxygen atoms in total. The Morgan fingerprint density at radius 3 is 1.92 bits per heavy atom. The summed E-state index contributed by atoms with van der Waals surface area (Å²) in [6.07, 6.45) is 3.71. The third-order valence-corrected chi connectivity index (χ3v) is 5.14. The van der Waals surface area contributed by atoms with Crippen LogP contribution < -0.4 is 5.46 Å². The van der Waals surface area contributed by atoms with Crippen molar-refractivity contribution in [2.45, 2.75) is 65.1 Å². The molecular formula is C20H27BN2O2. The Hall–Kier alpha value is -1.72. The van der Waals surface area contributed by atoms with Crippen LogP contribution in [0.1, 0.15) is 54.2 Å². The molecule has 0 amide bonds. The van der Waals surface area contributed by atoms with Gasteiger partial charge in [-0.2, -0.15) is 0 Å². The van der Waals surface area contributed by atoms with Gasteiger partial charge in [-0.15, -0.1) is 0 Å². The largest absolute Gasteiger partial charge is 0.496 e. The monoisotopic (exact) mass is 338 g/mol. The molecular weight excluding hydrogens is 311 g/mol. The van der Waals surface area contributed by atoms with E-state index in [1.54, 1.807) is 0 Å². The maximum Gasteiger partial charge on any atom is 0.496 e. The van der Waals surface area contributed by atoms with Gasteiger partial charge in [0.25, 0.3) is 0 Å². The predicted octanol–water partition coefficient (Wildman–Crippen LogP) is 3.74. The second-order valence-corrected chi connectivity index (χ2v) is 8.75. The van der Waals surface area contributed by atoms with E-state index in [1.807, 2.05) is 24.5 Å². The van der Waals surface area contributed by atoms with E-state index >= 15 is 0 Å². The first kappa shape index (κ1) is 18.1. The zero-order valence-corrected chi connectivity index (χ0v) is 16.3. The number of hydrogen-bond donors (Lipinski definition) is 0. The molecule has 0 unspecified atom stereocenters. The zero-order chi connectivity index (χ0) is 18.5. The Morgan fingerprint density at radius 1 is 0.840 bits per heavy atom. The minimum atomic E-state index is -0.382. The van der Waals surface area contributed by atoms with Crippen LogP contribution in [-0.2, 0) is 14.7 Å². The van der Waals surface area contributed by atoms with Crippen molar-refractivity contribution in [3.63, 3.8) is 0 Å². The highest BCUT2D eigenvalue weighted by Crippen LogP contribution is 2.36. The van der Waals surface area contributed by atoms with E-state index in [1.165, 1.54) is 0 Å². The first-order valence-electron chi connectivity index (χ1n) is 8.78. The van der Waals surface area contributed by atoms with Crippen LogP contribution in [0, 0.1) is 0 Å². The molecule has 0 spiro atoms. The normalized spacial score (nSPS) is 19.2. The quantitative estimate of drug-likeness (QED) is 0.783. The fraction of sp³-hybridized carbons (Fsp3) is 0.500. The van der Waals surface area contributed by atoms with Crippen LogP contribution in [0.15, 0.2) is 36.7 Å². The van der Waals surface area contributed by atoms with Gasteiger partial charge in [0, 0.05) is 34.5 Å². The molecule has 1 fully saturated rings. The minimum absolute atomic E-state index is 0.0482. The smallest absolute Gasteiger partial charge is 0.399 e. The number of aromatic nitrogens is 2. The predicted molar refractivity (Wildman–Crippen MR) is 102 cm³/mol. The molecule has 25 heavy (non-hydrogen) atoms. The van der Waals surface area contributed by atoms with Crippen molar-refractivity contribution in [3.8, 4) is 11.3 Å². The van der Waals surface area contributed by atoms with Crippen molar-refractivity contribution in [1.82, 2.24) is 9.97 Å². The van der Waals surface area contributed by atoms with Gasteiger partial charge < -0.3 is 9.31 Å². The third kappa shape index (κ3) is 3.49. The van der Waals surface area contributed by atoms with Crippen LogP contribution in [0.3, 0.4) is 0 Å². The lowest BCUT2D eigenvalue weighted by Crippen LogP contribution is -2.41.